The topological polar surface area (TPSA) is 67.4 Å². The predicted octanol–water partition coefficient (Wildman–Crippen LogP) is 3.04. The third-order valence-electron chi connectivity index (χ3n) is 4.50. The van der Waals surface area contributed by atoms with Gasteiger partial charge in [-0.05, 0) is 49.6 Å². The normalized spacial score (nSPS) is 14.5. The van der Waals surface area contributed by atoms with Gasteiger partial charge in [0.05, 0.1) is 7.11 Å². The van der Waals surface area contributed by atoms with Crippen molar-refractivity contribution in [3.8, 4) is 5.75 Å². The van der Waals surface area contributed by atoms with Gasteiger partial charge in [-0.1, -0.05) is 29.8 Å². The quantitative estimate of drug-likeness (QED) is 0.796. The van der Waals surface area contributed by atoms with Gasteiger partial charge in [-0.2, -0.15) is 0 Å². The molecule has 2 aromatic carbocycles. The van der Waals surface area contributed by atoms with Gasteiger partial charge in [0.15, 0.2) is 0 Å². The summed E-state index contributed by atoms with van der Waals surface area (Å²) in [5, 5.41) is 5.72. The highest BCUT2D eigenvalue weighted by Gasteiger charge is 2.56. The van der Waals surface area contributed by atoms with E-state index >= 15 is 0 Å². The standard InChI is InChI=1S/C20H22N2O3/c1-14-4-3-5-15(12-14)13-21-18(23)20(10-11-20)19(24)22-16-6-8-17(25-2)9-7-16/h3-9,12H,10-11,13H2,1-2H3,(H,21,23)(H,22,24). The summed E-state index contributed by atoms with van der Waals surface area (Å²) in [6.07, 6.45) is 1.16. The van der Waals surface area contributed by atoms with Crippen LogP contribution in [0.2, 0.25) is 0 Å². The molecule has 1 fully saturated rings. The molecule has 25 heavy (non-hydrogen) atoms. The summed E-state index contributed by atoms with van der Waals surface area (Å²) in [5.41, 5.74) is 1.89. The molecule has 0 saturated heterocycles. The number of rotatable bonds is 6. The van der Waals surface area contributed by atoms with E-state index in [4.69, 9.17) is 4.74 Å². The van der Waals surface area contributed by atoms with E-state index < -0.39 is 5.41 Å². The fourth-order valence-electron chi connectivity index (χ4n) is 2.78. The SMILES string of the molecule is COc1ccc(NC(=O)C2(C(=O)NCc3cccc(C)c3)CC2)cc1. The summed E-state index contributed by atoms with van der Waals surface area (Å²) < 4.78 is 5.10. The van der Waals surface area contributed by atoms with Crippen LogP contribution in [-0.4, -0.2) is 18.9 Å². The van der Waals surface area contributed by atoms with E-state index in [9.17, 15) is 9.59 Å². The zero-order valence-electron chi connectivity index (χ0n) is 14.5. The molecule has 1 aliphatic carbocycles. The fourth-order valence-corrected chi connectivity index (χ4v) is 2.78. The molecule has 0 aliphatic heterocycles. The Morgan fingerprint density at radius 2 is 1.80 bits per heavy atom. The Morgan fingerprint density at radius 3 is 2.40 bits per heavy atom. The molecule has 0 spiro atoms. The maximum atomic E-state index is 12.6. The monoisotopic (exact) mass is 338 g/mol. The lowest BCUT2D eigenvalue weighted by Gasteiger charge is -2.16. The van der Waals surface area contributed by atoms with Crippen molar-refractivity contribution in [1.29, 1.82) is 0 Å². The number of anilines is 1. The summed E-state index contributed by atoms with van der Waals surface area (Å²) >= 11 is 0. The largest absolute Gasteiger partial charge is 0.497 e. The molecule has 5 nitrogen and oxygen atoms in total. The van der Waals surface area contributed by atoms with Gasteiger partial charge in [0.2, 0.25) is 11.8 Å². The second-order valence-corrected chi connectivity index (χ2v) is 6.44. The van der Waals surface area contributed by atoms with Gasteiger partial charge in [-0.3, -0.25) is 9.59 Å². The Morgan fingerprint density at radius 1 is 1.08 bits per heavy atom. The molecule has 0 unspecified atom stereocenters. The molecular weight excluding hydrogens is 316 g/mol. The van der Waals surface area contributed by atoms with Crippen LogP contribution in [0.15, 0.2) is 48.5 Å². The number of amides is 2. The van der Waals surface area contributed by atoms with Crippen molar-refractivity contribution in [1.82, 2.24) is 5.32 Å². The van der Waals surface area contributed by atoms with Crippen molar-refractivity contribution in [2.45, 2.75) is 26.3 Å². The van der Waals surface area contributed by atoms with Crippen molar-refractivity contribution < 1.29 is 14.3 Å². The first-order valence-corrected chi connectivity index (χ1v) is 8.33. The van der Waals surface area contributed by atoms with E-state index in [-0.39, 0.29) is 11.8 Å². The number of ether oxygens (including phenoxy) is 1. The van der Waals surface area contributed by atoms with Crippen molar-refractivity contribution >= 4 is 17.5 Å². The highest BCUT2D eigenvalue weighted by molar-refractivity contribution is 6.13. The number of carbonyl (C=O) groups is 2. The molecule has 130 valence electrons. The third kappa shape index (κ3) is 3.82. The molecular formula is C20H22N2O3. The van der Waals surface area contributed by atoms with Gasteiger partial charge in [-0.25, -0.2) is 0 Å². The van der Waals surface area contributed by atoms with Crippen LogP contribution in [-0.2, 0) is 16.1 Å². The van der Waals surface area contributed by atoms with Crippen molar-refractivity contribution in [3.63, 3.8) is 0 Å². The maximum absolute atomic E-state index is 12.6. The summed E-state index contributed by atoms with van der Waals surface area (Å²) in [6, 6.07) is 15.0. The molecule has 1 saturated carbocycles. The van der Waals surface area contributed by atoms with Crippen LogP contribution in [0, 0.1) is 12.3 Å². The fraction of sp³-hybridized carbons (Fsp3) is 0.300. The first kappa shape index (κ1) is 17.0. The van der Waals surface area contributed by atoms with Gasteiger partial charge in [0, 0.05) is 12.2 Å². The summed E-state index contributed by atoms with van der Waals surface area (Å²) in [6.45, 7) is 2.44. The molecule has 2 N–H and O–H groups in total. The van der Waals surface area contributed by atoms with Crippen molar-refractivity contribution in [2.75, 3.05) is 12.4 Å². The molecule has 5 heteroatoms. The van der Waals surface area contributed by atoms with Crippen LogP contribution in [0.3, 0.4) is 0 Å². The Hall–Kier alpha value is -2.82. The second-order valence-electron chi connectivity index (χ2n) is 6.44. The zero-order valence-corrected chi connectivity index (χ0v) is 14.5. The van der Waals surface area contributed by atoms with Gasteiger partial charge in [0.1, 0.15) is 11.2 Å². The number of carbonyl (C=O) groups excluding carboxylic acids is 2. The van der Waals surface area contributed by atoms with Crippen LogP contribution >= 0.6 is 0 Å². The van der Waals surface area contributed by atoms with E-state index in [1.807, 2.05) is 31.2 Å². The number of methoxy groups -OCH3 is 1. The number of aryl methyl sites for hydroxylation is 1. The summed E-state index contributed by atoms with van der Waals surface area (Å²) in [4.78, 5) is 25.1. The minimum Gasteiger partial charge on any atom is -0.497 e. The average molecular weight is 338 g/mol. The third-order valence-corrected chi connectivity index (χ3v) is 4.50. The molecule has 2 aromatic rings. The van der Waals surface area contributed by atoms with Crippen LogP contribution in [0.25, 0.3) is 0 Å². The molecule has 3 rings (SSSR count). The van der Waals surface area contributed by atoms with E-state index in [1.165, 1.54) is 0 Å². The van der Waals surface area contributed by atoms with Gasteiger partial charge in [-0.15, -0.1) is 0 Å². The first-order chi connectivity index (χ1) is 12.0. The van der Waals surface area contributed by atoms with E-state index in [1.54, 1.807) is 31.4 Å². The molecule has 0 atom stereocenters. The highest BCUT2D eigenvalue weighted by Crippen LogP contribution is 2.47. The lowest BCUT2D eigenvalue weighted by atomic mass is 10.0. The average Bonchev–Trinajstić information content (AvgIpc) is 3.42. The van der Waals surface area contributed by atoms with E-state index in [2.05, 4.69) is 10.6 Å². The Bertz CT molecular complexity index is 780. The minimum absolute atomic E-state index is 0.208. The second kappa shape index (κ2) is 6.97. The molecule has 2 amide bonds. The minimum atomic E-state index is -0.941. The molecule has 0 radical (unpaired) electrons. The number of nitrogens with one attached hydrogen (secondary N) is 2. The van der Waals surface area contributed by atoms with Crippen molar-refractivity contribution in [3.05, 3.63) is 59.7 Å². The Labute approximate surface area is 147 Å². The highest BCUT2D eigenvalue weighted by atomic mass is 16.5. The van der Waals surface area contributed by atoms with Crippen molar-refractivity contribution in [2.24, 2.45) is 5.41 Å². The molecule has 0 aromatic heterocycles. The summed E-state index contributed by atoms with van der Waals surface area (Å²) in [7, 11) is 1.59. The summed E-state index contributed by atoms with van der Waals surface area (Å²) in [5.74, 6) is 0.259. The van der Waals surface area contributed by atoms with Crippen LogP contribution < -0.4 is 15.4 Å². The van der Waals surface area contributed by atoms with Crippen LogP contribution in [0.4, 0.5) is 5.69 Å². The molecule has 0 bridgehead atoms. The molecule has 1 aliphatic rings. The van der Waals surface area contributed by atoms with Crippen LogP contribution in [0.5, 0.6) is 5.75 Å². The van der Waals surface area contributed by atoms with Gasteiger partial charge >= 0.3 is 0 Å². The van der Waals surface area contributed by atoms with Crippen LogP contribution in [0.1, 0.15) is 24.0 Å². The number of benzene rings is 2. The Balaban J connectivity index is 1.60. The zero-order chi connectivity index (χ0) is 17.9. The maximum Gasteiger partial charge on any atom is 0.240 e. The predicted molar refractivity (Wildman–Crippen MR) is 96.3 cm³/mol. The number of hydrogen-bond donors (Lipinski definition) is 2. The number of hydrogen-bond acceptors (Lipinski definition) is 3. The smallest absolute Gasteiger partial charge is 0.240 e. The van der Waals surface area contributed by atoms with E-state index in [0.29, 0.717) is 25.1 Å². The van der Waals surface area contributed by atoms with Gasteiger partial charge in [0.25, 0.3) is 0 Å². The first-order valence-electron chi connectivity index (χ1n) is 8.33. The van der Waals surface area contributed by atoms with E-state index in [0.717, 1.165) is 16.9 Å². The lowest BCUT2D eigenvalue weighted by molar-refractivity contribution is -0.134. The Kier molecular flexibility index (Phi) is 4.74. The lowest BCUT2D eigenvalue weighted by Crippen LogP contribution is -2.39. The van der Waals surface area contributed by atoms with Gasteiger partial charge < -0.3 is 15.4 Å². The molecule has 0 heterocycles.